The molecule has 0 aliphatic carbocycles. The third-order valence-corrected chi connectivity index (χ3v) is 3.59. The molecule has 0 saturated carbocycles. The normalized spacial score (nSPS) is 18.7. The van der Waals surface area contributed by atoms with Gasteiger partial charge in [-0.15, -0.1) is 0 Å². The van der Waals surface area contributed by atoms with E-state index in [4.69, 9.17) is 4.74 Å². The summed E-state index contributed by atoms with van der Waals surface area (Å²) in [6.45, 7) is 9.95. The molecule has 1 aromatic rings. The summed E-state index contributed by atoms with van der Waals surface area (Å²) in [5.74, 6) is 0. The highest BCUT2D eigenvalue weighted by Gasteiger charge is 2.19. The SMILES string of the molecule is CC(C)(C)c1ccc(=O)n(CC(O)CN2CCOCC2)n1. The zero-order chi connectivity index (χ0) is 15.5. The molecule has 2 rings (SSSR count). The fourth-order valence-corrected chi connectivity index (χ4v) is 2.32. The predicted octanol–water partition coefficient (Wildman–Crippen LogP) is 0.234. The van der Waals surface area contributed by atoms with Crippen molar-refractivity contribution >= 4 is 0 Å². The Morgan fingerprint density at radius 2 is 1.95 bits per heavy atom. The van der Waals surface area contributed by atoms with E-state index in [1.54, 1.807) is 6.07 Å². The molecule has 0 spiro atoms. The Bertz CT molecular complexity index is 516. The van der Waals surface area contributed by atoms with Crippen molar-refractivity contribution in [2.24, 2.45) is 0 Å². The van der Waals surface area contributed by atoms with Gasteiger partial charge >= 0.3 is 0 Å². The average Bonchev–Trinajstić information content (AvgIpc) is 2.41. The van der Waals surface area contributed by atoms with Crippen LogP contribution >= 0.6 is 0 Å². The minimum atomic E-state index is -0.608. The van der Waals surface area contributed by atoms with Crippen molar-refractivity contribution in [3.8, 4) is 0 Å². The summed E-state index contributed by atoms with van der Waals surface area (Å²) in [6, 6.07) is 3.28. The average molecular weight is 295 g/mol. The summed E-state index contributed by atoms with van der Waals surface area (Å²) >= 11 is 0. The first-order chi connectivity index (χ1) is 9.86. The number of aliphatic hydroxyl groups is 1. The van der Waals surface area contributed by atoms with Gasteiger partial charge in [-0.05, 0) is 6.07 Å². The van der Waals surface area contributed by atoms with Crippen LogP contribution in [0.1, 0.15) is 26.5 Å². The van der Waals surface area contributed by atoms with Gasteiger partial charge in [0.15, 0.2) is 0 Å². The molecular weight excluding hydrogens is 270 g/mol. The first-order valence-electron chi connectivity index (χ1n) is 7.43. The maximum atomic E-state index is 11.9. The van der Waals surface area contributed by atoms with Gasteiger partial charge in [-0.25, -0.2) is 4.68 Å². The van der Waals surface area contributed by atoms with Crippen molar-refractivity contribution in [2.75, 3.05) is 32.8 Å². The van der Waals surface area contributed by atoms with Crippen LogP contribution in [-0.2, 0) is 16.7 Å². The van der Waals surface area contributed by atoms with E-state index in [2.05, 4.69) is 10.00 Å². The fourth-order valence-electron chi connectivity index (χ4n) is 2.32. The van der Waals surface area contributed by atoms with Crippen LogP contribution in [0.25, 0.3) is 0 Å². The summed E-state index contributed by atoms with van der Waals surface area (Å²) in [4.78, 5) is 14.0. The highest BCUT2D eigenvalue weighted by atomic mass is 16.5. The van der Waals surface area contributed by atoms with E-state index in [0.29, 0.717) is 19.8 Å². The van der Waals surface area contributed by atoms with Crippen molar-refractivity contribution in [3.63, 3.8) is 0 Å². The Labute approximate surface area is 125 Å². The summed E-state index contributed by atoms with van der Waals surface area (Å²) in [5.41, 5.74) is 0.551. The predicted molar refractivity (Wildman–Crippen MR) is 80.5 cm³/mol. The van der Waals surface area contributed by atoms with Gasteiger partial charge in [0.25, 0.3) is 5.56 Å². The van der Waals surface area contributed by atoms with Crippen LogP contribution in [0.5, 0.6) is 0 Å². The fraction of sp³-hybridized carbons (Fsp3) is 0.733. The second kappa shape index (κ2) is 6.68. The van der Waals surface area contributed by atoms with E-state index >= 15 is 0 Å². The number of aliphatic hydroxyl groups excluding tert-OH is 1. The first kappa shape index (κ1) is 16.1. The van der Waals surface area contributed by atoms with Crippen molar-refractivity contribution < 1.29 is 9.84 Å². The lowest BCUT2D eigenvalue weighted by atomic mass is 9.92. The Kier molecular flexibility index (Phi) is 5.13. The highest BCUT2D eigenvalue weighted by Crippen LogP contribution is 2.18. The van der Waals surface area contributed by atoms with Crippen LogP contribution in [0.4, 0.5) is 0 Å². The van der Waals surface area contributed by atoms with Crippen molar-refractivity contribution in [1.82, 2.24) is 14.7 Å². The van der Waals surface area contributed by atoms with Crippen LogP contribution < -0.4 is 5.56 Å². The van der Waals surface area contributed by atoms with E-state index in [1.165, 1.54) is 10.7 Å². The molecule has 21 heavy (non-hydrogen) atoms. The van der Waals surface area contributed by atoms with E-state index in [9.17, 15) is 9.90 Å². The molecule has 1 N–H and O–H groups in total. The smallest absolute Gasteiger partial charge is 0.266 e. The molecule has 0 aromatic carbocycles. The number of morpholine rings is 1. The monoisotopic (exact) mass is 295 g/mol. The Morgan fingerprint density at radius 1 is 1.29 bits per heavy atom. The third kappa shape index (κ3) is 4.62. The van der Waals surface area contributed by atoms with Crippen LogP contribution in [0.3, 0.4) is 0 Å². The molecule has 6 heteroatoms. The third-order valence-electron chi connectivity index (χ3n) is 3.59. The van der Waals surface area contributed by atoms with Gasteiger partial charge in [0.2, 0.25) is 0 Å². The van der Waals surface area contributed by atoms with Gasteiger partial charge in [-0.1, -0.05) is 20.8 Å². The number of β-amino-alcohol motifs (C(OH)–C–C–N with tert-alkyl or cyclic N) is 1. The quantitative estimate of drug-likeness (QED) is 0.861. The number of ether oxygens (including phenoxy) is 1. The zero-order valence-electron chi connectivity index (χ0n) is 13.1. The minimum absolute atomic E-state index is 0.120. The Hall–Kier alpha value is -1.24. The van der Waals surface area contributed by atoms with Gasteiger partial charge in [-0.3, -0.25) is 9.69 Å². The lowest BCUT2D eigenvalue weighted by molar-refractivity contribution is 0.0105. The summed E-state index contributed by atoms with van der Waals surface area (Å²) in [6.07, 6.45) is -0.608. The molecule has 2 heterocycles. The number of aromatic nitrogens is 2. The molecule has 1 aliphatic rings. The Balaban J connectivity index is 2.02. The van der Waals surface area contributed by atoms with Gasteiger partial charge in [0, 0.05) is 31.1 Å². The van der Waals surface area contributed by atoms with E-state index in [-0.39, 0.29) is 17.5 Å². The number of hydrogen-bond acceptors (Lipinski definition) is 5. The van der Waals surface area contributed by atoms with Crippen molar-refractivity contribution in [3.05, 3.63) is 28.2 Å². The maximum Gasteiger partial charge on any atom is 0.266 e. The van der Waals surface area contributed by atoms with E-state index in [1.807, 2.05) is 20.8 Å². The number of nitrogens with zero attached hydrogens (tertiary/aromatic N) is 3. The van der Waals surface area contributed by atoms with Gasteiger partial charge in [0.05, 0.1) is 31.6 Å². The molecular formula is C15H25N3O3. The molecule has 1 fully saturated rings. The van der Waals surface area contributed by atoms with Crippen molar-refractivity contribution in [1.29, 1.82) is 0 Å². The molecule has 1 atom stereocenters. The zero-order valence-corrected chi connectivity index (χ0v) is 13.1. The first-order valence-corrected chi connectivity index (χ1v) is 7.43. The second-order valence-corrected chi connectivity index (χ2v) is 6.56. The van der Waals surface area contributed by atoms with Crippen LogP contribution in [0.2, 0.25) is 0 Å². The van der Waals surface area contributed by atoms with Crippen LogP contribution in [0.15, 0.2) is 16.9 Å². The van der Waals surface area contributed by atoms with E-state index < -0.39 is 6.10 Å². The largest absolute Gasteiger partial charge is 0.390 e. The molecule has 1 aliphatic heterocycles. The summed E-state index contributed by atoms with van der Waals surface area (Å²) in [5, 5.41) is 14.6. The van der Waals surface area contributed by atoms with Gasteiger partial charge in [-0.2, -0.15) is 5.10 Å². The summed E-state index contributed by atoms with van der Waals surface area (Å²) < 4.78 is 6.65. The topological polar surface area (TPSA) is 67.6 Å². The molecule has 0 bridgehead atoms. The molecule has 1 aromatic heterocycles. The maximum absolute atomic E-state index is 11.9. The number of hydrogen-bond donors (Lipinski definition) is 1. The number of rotatable bonds is 4. The van der Waals surface area contributed by atoms with E-state index in [0.717, 1.165) is 18.8 Å². The van der Waals surface area contributed by atoms with Gasteiger partial charge in [0.1, 0.15) is 0 Å². The van der Waals surface area contributed by atoms with Crippen LogP contribution in [0, 0.1) is 0 Å². The lowest BCUT2D eigenvalue weighted by Crippen LogP contribution is -2.43. The van der Waals surface area contributed by atoms with Gasteiger partial charge < -0.3 is 9.84 Å². The molecule has 6 nitrogen and oxygen atoms in total. The molecule has 1 saturated heterocycles. The van der Waals surface area contributed by atoms with Crippen molar-refractivity contribution in [2.45, 2.75) is 38.8 Å². The molecule has 0 radical (unpaired) electrons. The summed E-state index contributed by atoms with van der Waals surface area (Å²) in [7, 11) is 0. The standard InChI is InChI=1S/C15H25N3O3/c1-15(2,3)13-4-5-14(20)18(16-13)11-12(19)10-17-6-8-21-9-7-17/h4-5,12,19H,6-11H2,1-3H3. The second-order valence-electron chi connectivity index (χ2n) is 6.56. The molecule has 0 amide bonds. The molecule has 1 unspecified atom stereocenters. The lowest BCUT2D eigenvalue weighted by Gasteiger charge is -2.28. The van der Waals surface area contributed by atoms with Crippen LogP contribution in [-0.4, -0.2) is 58.7 Å². The Morgan fingerprint density at radius 3 is 2.57 bits per heavy atom. The highest BCUT2D eigenvalue weighted by molar-refractivity contribution is 5.10. The minimum Gasteiger partial charge on any atom is -0.390 e. The molecule has 118 valence electrons.